The molecule has 1 N–H and O–H groups in total. The van der Waals surface area contributed by atoms with Crippen LogP contribution in [0.2, 0.25) is 0 Å². The molecule has 0 spiro atoms. The summed E-state index contributed by atoms with van der Waals surface area (Å²) in [4.78, 5) is 2.58. The fourth-order valence-corrected chi connectivity index (χ4v) is 3.89. The first-order valence-corrected chi connectivity index (χ1v) is 9.95. The van der Waals surface area contributed by atoms with Crippen molar-refractivity contribution in [3.8, 4) is 11.4 Å². The number of rotatable bonds is 6. The lowest BCUT2D eigenvalue weighted by Gasteiger charge is -2.30. The van der Waals surface area contributed by atoms with Gasteiger partial charge in [0, 0.05) is 17.5 Å². The number of likely N-dealkylation sites (tertiary alicyclic amines) is 1. The summed E-state index contributed by atoms with van der Waals surface area (Å²) in [6, 6.07) is 5.98. The van der Waals surface area contributed by atoms with Crippen LogP contribution in [0.25, 0.3) is 17.0 Å². The smallest absolute Gasteiger partial charge is 0.186 e. The Labute approximate surface area is 151 Å². The number of thiophene rings is 1. The Morgan fingerprint density at radius 3 is 2.88 bits per heavy atom. The second kappa shape index (κ2) is 7.49. The minimum atomic E-state index is 0.772. The van der Waals surface area contributed by atoms with Crippen molar-refractivity contribution >= 4 is 22.8 Å². The van der Waals surface area contributed by atoms with Gasteiger partial charge in [0.05, 0.1) is 0 Å². The topological polar surface area (TPSA) is 58.3 Å². The van der Waals surface area contributed by atoms with Gasteiger partial charge in [0.2, 0.25) is 0 Å². The molecule has 25 heavy (non-hydrogen) atoms. The maximum absolute atomic E-state index is 4.66. The van der Waals surface area contributed by atoms with Crippen LogP contribution in [0.3, 0.4) is 0 Å². The summed E-state index contributed by atoms with van der Waals surface area (Å²) in [6.45, 7) is 6.94. The minimum absolute atomic E-state index is 0.772. The van der Waals surface area contributed by atoms with Gasteiger partial charge in [-0.15, -0.1) is 15.3 Å². The van der Waals surface area contributed by atoms with E-state index < -0.39 is 0 Å². The van der Waals surface area contributed by atoms with Gasteiger partial charge in [-0.1, -0.05) is 6.92 Å². The first kappa shape index (κ1) is 16.5. The maximum atomic E-state index is 4.66. The molecule has 1 fully saturated rings. The average molecular weight is 356 g/mol. The standard InChI is InChI=1S/C18H24N6S/c1-14-5-10-23(11-6-14)9-2-8-19-16-3-4-17-20-21-18(24(17)22-16)15-7-12-25-13-15/h3-4,7,12-14H,2,5-6,8-11H2,1H3,(H,19,22). The molecule has 0 unspecified atom stereocenters. The second-order valence-electron chi connectivity index (χ2n) is 6.83. The van der Waals surface area contributed by atoms with Crippen molar-refractivity contribution in [2.75, 3.05) is 31.5 Å². The number of nitrogens with one attached hydrogen (secondary N) is 1. The Balaban J connectivity index is 1.35. The molecule has 0 saturated carbocycles. The van der Waals surface area contributed by atoms with E-state index in [0.717, 1.165) is 48.3 Å². The van der Waals surface area contributed by atoms with Crippen LogP contribution in [0.4, 0.5) is 5.82 Å². The van der Waals surface area contributed by atoms with Gasteiger partial charge in [-0.2, -0.15) is 15.9 Å². The number of piperidine rings is 1. The van der Waals surface area contributed by atoms with Gasteiger partial charge >= 0.3 is 0 Å². The first-order chi connectivity index (χ1) is 12.3. The van der Waals surface area contributed by atoms with E-state index in [-0.39, 0.29) is 0 Å². The van der Waals surface area contributed by atoms with Crippen LogP contribution in [0.15, 0.2) is 29.0 Å². The predicted molar refractivity (Wildman–Crippen MR) is 102 cm³/mol. The maximum Gasteiger partial charge on any atom is 0.186 e. The molecule has 0 bridgehead atoms. The molecule has 3 aromatic heterocycles. The van der Waals surface area contributed by atoms with Crippen molar-refractivity contribution in [1.82, 2.24) is 24.7 Å². The van der Waals surface area contributed by atoms with Crippen LogP contribution in [0.1, 0.15) is 26.2 Å². The molecule has 1 saturated heterocycles. The van der Waals surface area contributed by atoms with Gasteiger partial charge in [0.15, 0.2) is 11.5 Å². The molecule has 1 aliphatic heterocycles. The Bertz CT molecular complexity index is 804. The first-order valence-electron chi connectivity index (χ1n) is 9.01. The van der Waals surface area contributed by atoms with Crippen molar-refractivity contribution in [2.24, 2.45) is 5.92 Å². The van der Waals surface area contributed by atoms with Crippen molar-refractivity contribution in [3.63, 3.8) is 0 Å². The lowest BCUT2D eigenvalue weighted by molar-refractivity contribution is 0.192. The molecular weight excluding hydrogens is 332 g/mol. The lowest BCUT2D eigenvalue weighted by atomic mass is 9.99. The van der Waals surface area contributed by atoms with E-state index in [0.29, 0.717) is 0 Å². The van der Waals surface area contributed by atoms with Crippen LogP contribution in [-0.2, 0) is 0 Å². The summed E-state index contributed by atoms with van der Waals surface area (Å²) in [6.07, 6.45) is 3.81. The molecule has 132 valence electrons. The summed E-state index contributed by atoms with van der Waals surface area (Å²) in [5, 5.41) is 20.7. The monoisotopic (exact) mass is 356 g/mol. The lowest BCUT2D eigenvalue weighted by Crippen LogP contribution is -2.34. The normalized spacial score (nSPS) is 16.5. The Kier molecular flexibility index (Phi) is 4.94. The summed E-state index contributed by atoms with van der Waals surface area (Å²) in [5.41, 5.74) is 1.83. The number of hydrogen-bond donors (Lipinski definition) is 1. The van der Waals surface area contributed by atoms with Crippen molar-refractivity contribution in [3.05, 3.63) is 29.0 Å². The summed E-state index contributed by atoms with van der Waals surface area (Å²) >= 11 is 1.65. The number of hydrogen-bond acceptors (Lipinski definition) is 6. The third-order valence-electron chi connectivity index (χ3n) is 4.88. The zero-order valence-corrected chi connectivity index (χ0v) is 15.4. The van der Waals surface area contributed by atoms with Gasteiger partial charge in [0.1, 0.15) is 5.82 Å². The fraction of sp³-hybridized carbons (Fsp3) is 0.500. The highest BCUT2D eigenvalue weighted by Gasteiger charge is 2.15. The summed E-state index contributed by atoms with van der Waals surface area (Å²) in [5.74, 6) is 2.56. The van der Waals surface area contributed by atoms with Crippen molar-refractivity contribution < 1.29 is 0 Å². The third kappa shape index (κ3) is 3.82. The van der Waals surface area contributed by atoms with E-state index in [1.807, 2.05) is 28.1 Å². The molecule has 7 heteroatoms. The van der Waals surface area contributed by atoms with E-state index in [4.69, 9.17) is 0 Å². The van der Waals surface area contributed by atoms with E-state index in [1.165, 1.54) is 25.9 Å². The highest BCUT2D eigenvalue weighted by Crippen LogP contribution is 2.21. The van der Waals surface area contributed by atoms with Crippen LogP contribution >= 0.6 is 11.3 Å². The second-order valence-corrected chi connectivity index (χ2v) is 7.61. The molecule has 0 aliphatic carbocycles. The molecule has 0 amide bonds. The number of anilines is 1. The number of aromatic nitrogens is 4. The van der Waals surface area contributed by atoms with Gasteiger partial charge in [-0.25, -0.2) is 0 Å². The number of nitrogens with zero attached hydrogens (tertiary/aromatic N) is 5. The molecule has 0 atom stereocenters. The quantitative estimate of drug-likeness (QED) is 0.686. The molecule has 3 aromatic rings. The molecular formula is C18H24N6S. The minimum Gasteiger partial charge on any atom is -0.369 e. The average Bonchev–Trinajstić information content (AvgIpc) is 3.29. The Hall–Kier alpha value is -1.99. The Morgan fingerprint density at radius 1 is 1.20 bits per heavy atom. The molecule has 4 heterocycles. The fourth-order valence-electron chi connectivity index (χ4n) is 3.26. The third-order valence-corrected chi connectivity index (χ3v) is 5.56. The summed E-state index contributed by atoms with van der Waals surface area (Å²) in [7, 11) is 0. The zero-order valence-electron chi connectivity index (χ0n) is 14.6. The van der Waals surface area contributed by atoms with E-state index >= 15 is 0 Å². The zero-order chi connectivity index (χ0) is 17.1. The molecule has 0 radical (unpaired) electrons. The van der Waals surface area contributed by atoms with Gasteiger partial charge in [0.25, 0.3) is 0 Å². The molecule has 4 rings (SSSR count). The highest BCUT2D eigenvalue weighted by atomic mass is 32.1. The predicted octanol–water partition coefficient (Wildman–Crippen LogP) is 3.39. The van der Waals surface area contributed by atoms with Crippen LogP contribution in [-0.4, -0.2) is 50.9 Å². The highest BCUT2D eigenvalue weighted by molar-refractivity contribution is 7.08. The van der Waals surface area contributed by atoms with Crippen molar-refractivity contribution in [2.45, 2.75) is 26.2 Å². The SMILES string of the molecule is CC1CCN(CCCNc2ccc3nnc(-c4ccsc4)n3n2)CC1. The van der Waals surface area contributed by atoms with Gasteiger partial charge < -0.3 is 10.2 Å². The van der Waals surface area contributed by atoms with E-state index in [9.17, 15) is 0 Å². The van der Waals surface area contributed by atoms with Gasteiger partial charge in [-0.3, -0.25) is 0 Å². The van der Waals surface area contributed by atoms with E-state index in [1.54, 1.807) is 11.3 Å². The number of fused-ring (bicyclic) bond motifs is 1. The molecule has 0 aromatic carbocycles. The Morgan fingerprint density at radius 2 is 2.08 bits per heavy atom. The largest absolute Gasteiger partial charge is 0.369 e. The van der Waals surface area contributed by atoms with E-state index in [2.05, 4.69) is 37.8 Å². The van der Waals surface area contributed by atoms with Crippen LogP contribution in [0.5, 0.6) is 0 Å². The van der Waals surface area contributed by atoms with Crippen molar-refractivity contribution in [1.29, 1.82) is 0 Å². The van der Waals surface area contributed by atoms with Gasteiger partial charge in [-0.05, 0) is 68.4 Å². The molecule has 6 nitrogen and oxygen atoms in total. The summed E-state index contributed by atoms with van der Waals surface area (Å²) < 4.78 is 1.82. The molecule has 1 aliphatic rings. The van der Waals surface area contributed by atoms with Crippen LogP contribution in [0, 0.1) is 5.92 Å². The van der Waals surface area contributed by atoms with Crippen LogP contribution < -0.4 is 5.32 Å².